The average Bonchev–Trinajstić information content (AvgIpc) is 2.26. The monoisotopic (exact) mass is 244 g/mol. The van der Waals surface area contributed by atoms with Gasteiger partial charge in [0.1, 0.15) is 10.5 Å². The third-order valence-corrected chi connectivity index (χ3v) is 2.90. The Labute approximate surface area is 102 Å². The van der Waals surface area contributed by atoms with Crippen molar-refractivity contribution in [1.82, 2.24) is 0 Å². The first-order valence-corrected chi connectivity index (χ1v) is 6.75. The Morgan fingerprint density at radius 3 is 2.62 bits per heavy atom. The molecule has 16 heavy (non-hydrogen) atoms. The molecule has 94 valence electrons. The van der Waals surface area contributed by atoms with E-state index in [2.05, 4.69) is 13.5 Å². The smallest absolute Gasteiger partial charge is 0.333 e. The summed E-state index contributed by atoms with van der Waals surface area (Å²) in [5.74, 6) is 0.379. The van der Waals surface area contributed by atoms with Gasteiger partial charge in [-0.25, -0.2) is 4.79 Å². The van der Waals surface area contributed by atoms with E-state index in [-0.39, 0.29) is 5.97 Å². The van der Waals surface area contributed by atoms with E-state index in [1.54, 1.807) is 6.92 Å². The van der Waals surface area contributed by atoms with Crippen LogP contribution in [0, 0.1) is 5.92 Å². The standard InChI is InChI=1S/C12H24O3Si/c1-4-11(9-15-16)7-5-6-8-14-12(13)10(2)3/h11H,2,4-9H2,1,3,16H3. The van der Waals surface area contributed by atoms with E-state index < -0.39 is 0 Å². The van der Waals surface area contributed by atoms with E-state index >= 15 is 0 Å². The summed E-state index contributed by atoms with van der Waals surface area (Å²) in [6, 6.07) is 0. The number of rotatable bonds is 9. The van der Waals surface area contributed by atoms with Crippen LogP contribution in [0.4, 0.5) is 0 Å². The Balaban J connectivity index is 3.45. The predicted molar refractivity (Wildman–Crippen MR) is 69.3 cm³/mol. The SMILES string of the molecule is C=C(C)C(=O)OCCCCC(CC)CO[SiH3]. The molecule has 0 saturated heterocycles. The van der Waals surface area contributed by atoms with Crippen LogP contribution in [-0.4, -0.2) is 29.7 Å². The molecule has 3 nitrogen and oxygen atoms in total. The van der Waals surface area contributed by atoms with Gasteiger partial charge < -0.3 is 9.16 Å². The molecular weight excluding hydrogens is 220 g/mol. The number of unbranched alkanes of at least 4 members (excludes halogenated alkanes) is 1. The first kappa shape index (κ1) is 15.4. The molecular formula is C12H24O3Si. The molecule has 0 rings (SSSR count). The lowest BCUT2D eigenvalue weighted by molar-refractivity contribution is -0.139. The van der Waals surface area contributed by atoms with E-state index in [0.29, 0.717) is 18.1 Å². The van der Waals surface area contributed by atoms with Gasteiger partial charge in [0.25, 0.3) is 0 Å². The van der Waals surface area contributed by atoms with Gasteiger partial charge in [0.2, 0.25) is 0 Å². The summed E-state index contributed by atoms with van der Waals surface area (Å²) in [7, 11) is 0.818. The van der Waals surface area contributed by atoms with Crippen molar-refractivity contribution in [2.45, 2.75) is 39.5 Å². The van der Waals surface area contributed by atoms with Crippen LogP contribution in [0.15, 0.2) is 12.2 Å². The minimum absolute atomic E-state index is 0.282. The zero-order valence-corrected chi connectivity index (χ0v) is 12.8. The molecule has 0 amide bonds. The fraction of sp³-hybridized carbons (Fsp3) is 0.750. The Kier molecular flexibility index (Phi) is 9.23. The van der Waals surface area contributed by atoms with Crippen LogP contribution in [0.25, 0.3) is 0 Å². The highest BCUT2D eigenvalue weighted by molar-refractivity contribution is 5.97. The van der Waals surface area contributed by atoms with Crippen molar-refractivity contribution in [2.24, 2.45) is 5.92 Å². The van der Waals surface area contributed by atoms with Crippen LogP contribution >= 0.6 is 0 Å². The fourth-order valence-electron chi connectivity index (χ4n) is 1.46. The topological polar surface area (TPSA) is 35.5 Å². The summed E-state index contributed by atoms with van der Waals surface area (Å²) >= 11 is 0. The lowest BCUT2D eigenvalue weighted by Gasteiger charge is -2.13. The number of esters is 1. The fourth-order valence-corrected chi connectivity index (χ4v) is 1.94. The van der Waals surface area contributed by atoms with Crippen molar-refractivity contribution in [3.05, 3.63) is 12.2 Å². The highest BCUT2D eigenvalue weighted by Gasteiger charge is 2.06. The number of carbonyl (C=O) groups is 1. The summed E-state index contributed by atoms with van der Waals surface area (Å²) in [5.41, 5.74) is 0.468. The van der Waals surface area contributed by atoms with Crippen molar-refractivity contribution in [2.75, 3.05) is 13.2 Å². The molecule has 0 saturated carbocycles. The maximum Gasteiger partial charge on any atom is 0.333 e. The van der Waals surface area contributed by atoms with Gasteiger partial charge in [-0.2, -0.15) is 0 Å². The molecule has 0 fully saturated rings. The van der Waals surface area contributed by atoms with Gasteiger partial charge in [-0.1, -0.05) is 19.9 Å². The van der Waals surface area contributed by atoms with Crippen molar-refractivity contribution in [3.8, 4) is 0 Å². The largest absolute Gasteiger partial charge is 0.462 e. The van der Waals surface area contributed by atoms with E-state index in [1.807, 2.05) is 0 Å². The molecule has 0 aliphatic heterocycles. The summed E-state index contributed by atoms with van der Waals surface area (Å²) in [4.78, 5) is 11.1. The van der Waals surface area contributed by atoms with E-state index in [1.165, 1.54) is 0 Å². The highest BCUT2D eigenvalue weighted by Crippen LogP contribution is 2.12. The zero-order chi connectivity index (χ0) is 12.4. The third kappa shape index (κ3) is 7.65. The summed E-state index contributed by atoms with van der Waals surface area (Å²) in [6.07, 6.45) is 4.33. The number of ether oxygens (including phenoxy) is 1. The van der Waals surface area contributed by atoms with Crippen molar-refractivity contribution >= 4 is 16.5 Å². The molecule has 0 radical (unpaired) electrons. The van der Waals surface area contributed by atoms with Crippen LogP contribution in [0.5, 0.6) is 0 Å². The molecule has 0 aromatic carbocycles. The maximum absolute atomic E-state index is 11.1. The molecule has 4 heteroatoms. The van der Waals surface area contributed by atoms with E-state index in [0.717, 1.165) is 42.8 Å². The summed E-state index contributed by atoms with van der Waals surface area (Å²) < 4.78 is 10.3. The minimum Gasteiger partial charge on any atom is -0.462 e. The van der Waals surface area contributed by atoms with Gasteiger partial charge in [0.15, 0.2) is 0 Å². The van der Waals surface area contributed by atoms with Crippen LogP contribution in [0.2, 0.25) is 0 Å². The van der Waals surface area contributed by atoms with Gasteiger partial charge in [-0.05, 0) is 32.1 Å². The first-order chi connectivity index (χ1) is 7.61. The number of carbonyl (C=O) groups excluding carboxylic acids is 1. The Morgan fingerprint density at radius 2 is 2.12 bits per heavy atom. The summed E-state index contributed by atoms with van der Waals surface area (Å²) in [6.45, 7) is 8.77. The summed E-state index contributed by atoms with van der Waals surface area (Å²) in [5, 5.41) is 0. The Morgan fingerprint density at radius 1 is 1.44 bits per heavy atom. The lowest BCUT2D eigenvalue weighted by atomic mass is 10.0. The van der Waals surface area contributed by atoms with Crippen molar-refractivity contribution in [3.63, 3.8) is 0 Å². The molecule has 0 bridgehead atoms. The zero-order valence-electron chi connectivity index (χ0n) is 10.8. The lowest BCUT2D eigenvalue weighted by Crippen LogP contribution is -2.09. The predicted octanol–water partition coefficient (Wildman–Crippen LogP) is 1.60. The minimum atomic E-state index is -0.282. The van der Waals surface area contributed by atoms with Gasteiger partial charge in [0.05, 0.1) is 6.61 Å². The second-order valence-corrected chi connectivity index (χ2v) is 4.72. The maximum atomic E-state index is 11.1. The Bertz CT molecular complexity index is 216. The molecule has 0 aromatic heterocycles. The molecule has 1 atom stereocenters. The molecule has 0 spiro atoms. The van der Waals surface area contributed by atoms with Crippen molar-refractivity contribution < 1.29 is 14.0 Å². The quantitative estimate of drug-likeness (QED) is 0.267. The van der Waals surface area contributed by atoms with Crippen LogP contribution in [0.1, 0.15) is 39.5 Å². The molecule has 1 unspecified atom stereocenters. The normalized spacial score (nSPS) is 12.4. The third-order valence-electron chi connectivity index (χ3n) is 2.57. The first-order valence-electron chi connectivity index (χ1n) is 5.93. The Hall–Kier alpha value is -0.613. The second kappa shape index (κ2) is 9.60. The highest BCUT2D eigenvalue weighted by atomic mass is 28.2. The van der Waals surface area contributed by atoms with Crippen LogP contribution in [-0.2, 0) is 14.0 Å². The average molecular weight is 244 g/mol. The molecule has 0 aromatic rings. The molecule has 0 aliphatic rings. The van der Waals surface area contributed by atoms with Gasteiger partial charge in [0, 0.05) is 12.2 Å². The van der Waals surface area contributed by atoms with Gasteiger partial charge >= 0.3 is 5.97 Å². The number of hydrogen-bond donors (Lipinski definition) is 0. The second-order valence-electron chi connectivity index (χ2n) is 4.14. The molecule has 0 heterocycles. The van der Waals surface area contributed by atoms with E-state index in [9.17, 15) is 4.79 Å². The molecule has 0 N–H and O–H groups in total. The molecule has 0 aliphatic carbocycles. The van der Waals surface area contributed by atoms with Crippen LogP contribution in [0.3, 0.4) is 0 Å². The van der Waals surface area contributed by atoms with Crippen LogP contribution < -0.4 is 0 Å². The van der Waals surface area contributed by atoms with Gasteiger partial charge in [-0.15, -0.1) is 0 Å². The van der Waals surface area contributed by atoms with Gasteiger partial charge in [-0.3, -0.25) is 0 Å². The van der Waals surface area contributed by atoms with Crippen molar-refractivity contribution in [1.29, 1.82) is 0 Å². The van der Waals surface area contributed by atoms with E-state index in [4.69, 9.17) is 9.16 Å². The number of hydrogen-bond acceptors (Lipinski definition) is 3.